The minimum Gasteiger partial charge on any atom is -0.331 e. The summed E-state index contributed by atoms with van der Waals surface area (Å²) in [6.07, 6.45) is 3.52. The number of benzene rings is 2. The van der Waals surface area contributed by atoms with E-state index in [2.05, 4.69) is 59.1 Å². The lowest BCUT2D eigenvalue weighted by Gasteiger charge is -2.04. The van der Waals surface area contributed by atoms with Crippen LogP contribution in [0.3, 0.4) is 0 Å². The van der Waals surface area contributed by atoms with Crippen LogP contribution in [0.1, 0.15) is 11.5 Å². The summed E-state index contributed by atoms with van der Waals surface area (Å²) >= 11 is 0. The molecule has 0 fully saturated rings. The largest absolute Gasteiger partial charge is 0.331 e. The van der Waals surface area contributed by atoms with Crippen molar-refractivity contribution in [2.75, 3.05) is 0 Å². The lowest BCUT2D eigenvalue weighted by molar-refractivity contribution is 0.778. The van der Waals surface area contributed by atoms with Crippen LogP contribution >= 0.6 is 0 Å². The standard InChI is InChI=1S/C22H18N4/c1-26-20-12-8-15-5-2-3-6-17(15)22(20)25-21(26)13-10-16-9-11-18-19(24-16)7-4-14-23-18/h2-9,11-12,14H,10,13H2,1H3. The summed E-state index contributed by atoms with van der Waals surface area (Å²) in [4.78, 5) is 14.0. The summed E-state index contributed by atoms with van der Waals surface area (Å²) in [7, 11) is 2.09. The summed E-state index contributed by atoms with van der Waals surface area (Å²) < 4.78 is 2.20. The van der Waals surface area contributed by atoms with Crippen molar-refractivity contribution in [2.24, 2.45) is 7.05 Å². The summed E-state index contributed by atoms with van der Waals surface area (Å²) in [5.41, 5.74) is 5.21. The first-order chi connectivity index (χ1) is 12.8. The van der Waals surface area contributed by atoms with Gasteiger partial charge in [0, 0.05) is 30.7 Å². The Balaban J connectivity index is 1.50. The first-order valence-electron chi connectivity index (χ1n) is 8.83. The molecule has 0 unspecified atom stereocenters. The molecule has 4 nitrogen and oxygen atoms in total. The van der Waals surface area contributed by atoms with Gasteiger partial charge < -0.3 is 4.57 Å². The zero-order valence-corrected chi connectivity index (χ0v) is 14.6. The van der Waals surface area contributed by atoms with E-state index >= 15 is 0 Å². The fourth-order valence-corrected chi connectivity index (χ4v) is 3.58. The van der Waals surface area contributed by atoms with Crippen LogP contribution in [0.2, 0.25) is 0 Å². The predicted molar refractivity (Wildman–Crippen MR) is 105 cm³/mol. The van der Waals surface area contributed by atoms with Gasteiger partial charge in [-0.2, -0.15) is 0 Å². The van der Waals surface area contributed by atoms with Crippen LogP contribution in [-0.2, 0) is 19.9 Å². The Bertz CT molecular complexity index is 1250. The highest BCUT2D eigenvalue weighted by molar-refractivity contribution is 6.04. The zero-order chi connectivity index (χ0) is 17.5. The van der Waals surface area contributed by atoms with Gasteiger partial charge in [0.15, 0.2) is 0 Å². The lowest BCUT2D eigenvalue weighted by Crippen LogP contribution is -2.01. The Kier molecular flexibility index (Phi) is 3.42. The number of rotatable bonds is 3. The number of fused-ring (bicyclic) bond motifs is 4. The smallest absolute Gasteiger partial charge is 0.110 e. The van der Waals surface area contributed by atoms with E-state index in [-0.39, 0.29) is 0 Å². The van der Waals surface area contributed by atoms with E-state index in [0.717, 1.165) is 40.9 Å². The molecule has 0 aliphatic heterocycles. The molecule has 5 rings (SSSR count). The van der Waals surface area contributed by atoms with Crippen LogP contribution in [0.25, 0.3) is 32.8 Å². The van der Waals surface area contributed by atoms with E-state index in [4.69, 9.17) is 9.97 Å². The highest BCUT2D eigenvalue weighted by Crippen LogP contribution is 2.25. The number of aromatic nitrogens is 4. The Morgan fingerprint density at radius 2 is 1.73 bits per heavy atom. The van der Waals surface area contributed by atoms with E-state index in [1.54, 1.807) is 6.20 Å². The number of nitrogens with zero attached hydrogens (tertiary/aromatic N) is 4. The molecule has 0 radical (unpaired) electrons. The van der Waals surface area contributed by atoms with Gasteiger partial charge in [-0.3, -0.25) is 9.97 Å². The Morgan fingerprint density at radius 1 is 0.808 bits per heavy atom. The van der Waals surface area contributed by atoms with E-state index in [1.165, 1.54) is 16.3 Å². The predicted octanol–water partition coefficient (Wildman–Crippen LogP) is 4.45. The van der Waals surface area contributed by atoms with E-state index in [0.29, 0.717) is 0 Å². The number of imidazole rings is 1. The van der Waals surface area contributed by atoms with Crippen molar-refractivity contribution in [1.82, 2.24) is 19.5 Å². The average molecular weight is 338 g/mol. The van der Waals surface area contributed by atoms with Gasteiger partial charge >= 0.3 is 0 Å². The minimum atomic E-state index is 0.859. The number of aryl methyl sites for hydroxylation is 3. The van der Waals surface area contributed by atoms with Crippen molar-refractivity contribution in [2.45, 2.75) is 12.8 Å². The Hall–Kier alpha value is -3.27. The molecule has 0 saturated carbocycles. The van der Waals surface area contributed by atoms with Gasteiger partial charge in [-0.1, -0.05) is 30.3 Å². The number of hydrogen-bond donors (Lipinski definition) is 0. The third-order valence-corrected chi connectivity index (χ3v) is 4.99. The van der Waals surface area contributed by atoms with E-state index in [9.17, 15) is 0 Å². The van der Waals surface area contributed by atoms with Crippen molar-refractivity contribution in [3.8, 4) is 0 Å². The summed E-state index contributed by atoms with van der Waals surface area (Å²) in [6, 6.07) is 20.8. The van der Waals surface area contributed by atoms with Crippen molar-refractivity contribution >= 4 is 32.8 Å². The topological polar surface area (TPSA) is 43.6 Å². The molecule has 0 saturated heterocycles. The maximum atomic E-state index is 4.94. The van der Waals surface area contributed by atoms with Crippen molar-refractivity contribution in [3.63, 3.8) is 0 Å². The SMILES string of the molecule is Cn1c(CCc2ccc3ncccc3n2)nc2c3ccccc3ccc21. The van der Waals surface area contributed by atoms with Crippen LogP contribution in [-0.4, -0.2) is 19.5 Å². The molecule has 0 spiro atoms. The van der Waals surface area contributed by atoms with Crippen molar-refractivity contribution < 1.29 is 0 Å². The maximum absolute atomic E-state index is 4.94. The molecular weight excluding hydrogens is 320 g/mol. The first-order valence-corrected chi connectivity index (χ1v) is 8.83. The summed E-state index contributed by atoms with van der Waals surface area (Å²) in [5, 5.41) is 2.44. The lowest BCUT2D eigenvalue weighted by atomic mass is 10.1. The highest BCUT2D eigenvalue weighted by Gasteiger charge is 2.11. The third-order valence-electron chi connectivity index (χ3n) is 4.99. The van der Waals surface area contributed by atoms with Gasteiger partial charge in [-0.05, 0) is 42.1 Å². The molecule has 0 atom stereocenters. The Labute approximate surface area is 151 Å². The summed E-state index contributed by atoms with van der Waals surface area (Å²) in [5.74, 6) is 1.09. The van der Waals surface area contributed by atoms with Gasteiger partial charge in [0.1, 0.15) is 5.82 Å². The van der Waals surface area contributed by atoms with Gasteiger partial charge in [-0.25, -0.2) is 4.98 Å². The minimum absolute atomic E-state index is 0.859. The molecule has 0 bridgehead atoms. The van der Waals surface area contributed by atoms with E-state index < -0.39 is 0 Å². The normalized spacial score (nSPS) is 11.6. The second-order valence-electron chi connectivity index (χ2n) is 6.59. The van der Waals surface area contributed by atoms with Gasteiger partial charge in [0.2, 0.25) is 0 Å². The molecule has 0 aliphatic rings. The molecule has 0 aliphatic carbocycles. The fraction of sp³-hybridized carbons (Fsp3) is 0.136. The Morgan fingerprint density at radius 3 is 2.69 bits per heavy atom. The molecule has 3 aromatic heterocycles. The molecule has 0 amide bonds. The molecule has 2 aromatic carbocycles. The quantitative estimate of drug-likeness (QED) is 0.488. The van der Waals surface area contributed by atoms with Gasteiger partial charge in [-0.15, -0.1) is 0 Å². The number of hydrogen-bond acceptors (Lipinski definition) is 3. The second kappa shape index (κ2) is 5.92. The fourth-order valence-electron chi connectivity index (χ4n) is 3.58. The van der Waals surface area contributed by atoms with Crippen molar-refractivity contribution in [3.05, 3.63) is 78.4 Å². The van der Waals surface area contributed by atoms with Crippen LogP contribution in [0.4, 0.5) is 0 Å². The molecule has 0 N–H and O–H groups in total. The molecule has 126 valence electrons. The van der Waals surface area contributed by atoms with Crippen LogP contribution in [0, 0.1) is 0 Å². The average Bonchev–Trinajstić information content (AvgIpc) is 3.02. The molecule has 3 heterocycles. The highest BCUT2D eigenvalue weighted by atomic mass is 15.1. The molecule has 5 aromatic rings. The van der Waals surface area contributed by atoms with Gasteiger partial charge in [0.25, 0.3) is 0 Å². The molecular formula is C22H18N4. The third kappa shape index (κ3) is 2.42. The second-order valence-corrected chi connectivity index (χ2v) is 6.59. The van der Waals surface area contributed by atoms with Crippen LogP contribution in [0.5, 0.6) is 0 Å². The van der Waals surface area contributed by atoms with E-state index in [1.807, 2.05) is 18.2 Å². The van der Waals surface area contributed by atoms with Crippen molar-refractivity contribution in [1.29, 1.82) is 0 Å². The van der Waals surface area contributed by atoms with Crippen LogP contribution in [0.15, 0.2) is 66.9 Å². The molecule has 26 heavy (non-hydrogen) atoms. The summed E-state index contributed by atoms with van der Waals surface area (Å²) in [6.45, 7) is 0. The van der Waals surface area contributed by atoms with Crippen LogP contribution < -0.4 is 0 Å². The number of pyridine rings is 2. The maximum Gasteiger partial charge on any atom is 0.110 e. The molecule has 4 heteroatoms. The first kappa shape index (κ1) is 15.0. The zero-order valence-electron chi connectivity index (χ0n) is 14.6. The van der Waals surface area contributed by atoms with Gasteiger partial charge in [0.05, 0.1) is 22.1 Å². The monoisotopic (exact) mass is 338 g/mol.